The van der Waals surface area contributed by atoms with E-state index < -0.39 is 44.5 Å². The van der Waals surface area contributed by atoms with E-state index in [-0.39, 0.29) is 5.82 Å². The van der Waals surface area contributed by atoms with E-state index in [2.05, 4.69) is 9.51 Å². The lowest BCUT2D eigenvalue weighted by molar-refractivity contribution is -0.271. The number of aliphatic hydroxyl groups is 1. The Balaban J connectivity index is 2.22. The molecule has 3 atom stereocenters. The molecule has 1 aromatic heterocycles. The number of rotatable bonds is 4. The van der Waals surface area contributed by atoms with Crippen molar-refractivity contribution in [1.82, 2.24) is 9.55 Å². The van der Waals surface area contributed by atoms with Crippen molar-refractivity contribution in [2.75, 3.05) is 5.73 Å². The summed E-state index contributed by atoms with van der Waals surface area (Å²) in [4.78, 5) is 31.9. The summed E-state index contributed by atoms with van der Waals surface area (Å²) in [6.07, 6.45) is -9.27. The zero-order chi connectivity index (χ0) is 16.7. The van der Waals surface area contributed by atoms with Gasteiger partial charge in [-0.05, 0) is 6.07 Å². The highest BCUT2D eigenvalue weighted by molar-refractivity contribution is 7.46. The Morgan fingerprint density at radius 1 is 1.55 bits per heavy atom. The molecule has 0 radical (unpaired) electrons. The summed E-state index contributed by atoms with van der Waals surface area (Å²) in [5.74, 6) is -0.0912. The van der Waals surface area contributed by atoms with Crippen molar-refractivity contribution >= 4 is 13.6 Å². The first kappa shape index (κ1) is 16.9. The Bertz CT molecular complexity index is 663. The third kappa shape index (κ3) is 3.66. The van der Waals surface area contributed by atoms with Crippen molar-refractivity contribution in [2.24, 2.45) is 0 Å². The minimum absolute atomic E-state index is 0.0912. The summed E-state index contributed by atoms with van der Waals surface area (Å²) < 4.78 is 46.7. The topological polar surface area (TPSA) is 157 Å². The van der Waals surface area contributed by atoms with Gasteiger partial charge in [-0.25, -0.2) is 13.9 Å². The minimum Gasteiger partial charge on any atom is -0.390 e. The summed E-state index contributed by atoms with van der Waals surface area (Å²) in [7, 11) is -5.51. The molecule has 1 aliphatic heterocycles. The Labute approximate surface area is 121 Å². The minimum atomic E-state index is -5.51. The van der Waals surface area contributed by atoms with Crippen LogP contribution in [0.5, 0.6) is 0 Å². The number of aliphatic hydroxyl groups excluding tert-OH is 1. The van der Waals surface area contributed by atoms with Crippen LogP contribution in [-0.4, -0.2) is 42.8 Å². The SMILES string of the molecule is Nc1ccn([C@H]2C[C@H](O)[C@@H](C(F)(F)OP(=O)(O)O)O2)c(=O)n1. The Morgan fingerprint density at radius 3 is 2.73 bits per heavy atom. The smallest absolute Gasteiger partial charge is 0.390 e. The van der Waals surface area contributed by atoms with Crippen LogP contribution in [0.3, 0.4) is 0 Å². The lowest BCUT2D eigenvalue weighted by Crippen LogP contribution is -2.42. The first-order chi connectivity index (χ1) is 9.99. The molecule has 10 nitrogen and oxygen atoms in total. The number of hydrogen-bond donors (Lipinski definition) is 4. The fourth-order valence-corrected chi connectivity index (χ4v) is 2.40. The van der Waals surface area contributed by atoms with Crippen LogP contribution in [0.25, 0.3) is 0 Å². The number of anilines is 1. The summed E-state index contributed by atoms with van der Waals surface area (Å²) in [6, 6.07) is 1.22. The fraction of sp³-hybridized carbons (Fsp3) is 0.556. The van der Waals surface area contributed by atoms with E-state index in [1.165, 1.54) is 6.07 Å². The van der Waals surface area contributed by atoms with Crippen LogP contribution in [0.2, 0.25) is 0 Å². The normalized spacial score (nSPS) is 26.3. The fourth-order valence-electron chi connectivity index (χ4n) is 1.98. The molecular weight excluding hydrogens is 331 g/mol. The van der Waals surface area contributed by atoms with Gasteiger partial charge in [-0.15, -0.1) is 0 Å². The third-order valence-electron chi connectivity index (χ3n) is 2.83. The Hall–Kier alpha value is -1.43. The number of ether oxygens (including phenoxy) is 1. The molecule has 0 aromatic carbocycles. The van der Waals surface area contributed by atoms with Crippen LogP contribution in [0.15, 0.2) is 17.1 Å². The van der Waals surface area contributed by atoms with Gasteiger partial charge in [-0.1, -0.05) is 0 Å². The number of hydrogen-bond acceptors (Lipinski definition) is 7. The Morgan fingerprint density at radius 2 is 2.18 bits per heavy atom. The number of alkyl halides is 2. The Kier molecular flexibility index (Phi) is 4.35. The zero-order valence-corrected chi connectivity index (χ0v) is 11.6. The highest BCUT2D eigenvalue weighted by Gasteiger charge is 2.55. The van der Waals surface area contributed by atoms with Gasteiger partial charge in [0.2, 0.25) is 0 Å². The highest BCUT2D eigenvalue weighted by Crippen LogP contribution is 2.47. The molecule has 0 unspecified atom stereocenters. The van der Waals surface area contributed by atoms with Crippen molar-refractivity contribution < 1.29 is 37.5 Å². The van der Waals surface area contributed by atoms with Crippen LogP contribution in [0.1, 0.15) is 12.6 Å². The van der Waals surface area contributed by atoms with Gasteiger partial charge in [0, 0.05) is 12.6 Å². The average Bonchev–Trinajstić information content (AvgIpc) is 2.68. The van der Waals surface area contributed by atoms with Crippen molar-refractivity contribution in [1.29, 1.82) is 0 Å². The molecule has 0 saturated carbocycles. The van der Waals surface area contributed by atoms with E-state index in [0.717, 1.165) is 10.8 Å². The van der Waals surface area contributed by atoms with Gasteiger partial charge < -0.3 is 25.4 Å². The second-order valence-corrected chi connectivity index (χ2v) is 5.66. The van der Waals surface area contributed by atoms with Gasteiger partial charge in [0.05, 0.1) is 6.10 Å². The molecule has 0 amide bonds. The average molecular weight is 343 g/mol. The molecule has 124 valence electrons. The maximum absolute atomic E-state index is 13.6. The van der Waals surface area contributed by atoms with Gasteiger partial charge in [0.15, 0.2) is 6.10 Å². The second-order valence-electron chi connectivity index (χ2n) is 4.50. The van der Waals surface area contributed by atoms with Crippen molar-refractivity contribution in [2.45, 2.75) is 31.0 Å². The lowest BCUT2D eigenvalue weighted by Gasteiger charge is -2.25. The largest absolute Gasteiger partial charge is 0.474 e. The third-order valence-corrected chi connectivity index (χ3v) is 3.31. The number of nitrogens with zero attached hydrogens (tertiary/aromatic N) is 2. The number of nitrogens with two attached hydrogens (primary N) is 1. The van der Waals surface area contributed by atoms with Crippen LogP contribution >= 0.6 is 7.82 Å². The van der Waals surface area contributed by atoms with E-state index in [1.807, 2.05) is 0 Å². The van der Waals surface area contributed by atoms with Gasteiger partial charge in [0.25, 0.3) is 0 Å². The number of phosphoric ester groups is 1. The standard InChI is InChI=1S/C9H12F2N3O7P/c10-9(11,21-22(17,18)19)7-4(15)3-6(20-7)14-2-1-5(12)13-8(14)16/h1-2,4,6-7,15H,3H2,(H2,12,13,16)(H2,17,18,19)/t4-,6+,7-/m0/s1. The van der Waals surface area contributed by atoms with Crippen LogP contribution in [0, 0.1) is 0 Å². The van der Waals surface area contributed by atoms with Gasteiger partial charge in [-0.3, -0.25) is 4.57 Å². The molecule has 13 heteroatoms. The van der Waals surface area contributed by atoms with E-state index >= 15 is 0 Å². The van der Waals surface area contributed by atoms with Gasteiger partial charge in [-0.2, -0.15) is 13.8 Å². The van der Waals surface area contributed by atoms with E-state index in [9.17, 15) is 23.2 Å². The highest BCUT2D eigenvalue weighted by atomic mass is 31.2. The summed E-state index contributed by atoms with van der Waals surface area (Å²) >= 11 is 0. The molecule has 22 heavy (non-hydrogen) atoms. The maximum Gasteiger partial charge on any atom is 0.474 e. The van der Waals surface area contributed by atoms with E-state index in [4.69, 9.17) is 20.3 Å². The summed E-state index contributed by atoms with van der Waals surface area (Å²) in [5, 5.41) is 9.60. The van der Waals surface area contributed by atoms with Crippen molar-refractivity contribution in [3.63, 3.8) is 0 Å². The summed E-state index contributed by atoms with van der Waals surface area (Å²) in [6.45, 7) is 0. The van der Waals surface area contributed by atoms with Crippen molar-refractivity contribution in [3.05, 3.63) is 22.7 Å². The molecule has 1 fully saturated rings. The number of nitrogen functional groups attached to an aromatic ring is 1. The first-order valence-electron chi connectivity index (χ1n) is 5.82. The predicted molar refractivity (Wildman–Crippen MR) is 65.5 cm³/mol. The number of aromatic nitrogens is 2. The molecule has 0 aliphatic carbocycles. The number of phosphoric acid groups is 1. The first-order valence-corrected chi connectivity index (χ1v) is 7.35. The van der Waals surface area contributed by atoms with Crippen LogP contribution in [0.4, 0.5) is 14.6 Å². The van der Waals surface area contributed by atoms with Gasteiger partial charge >= 0.3 is 19.6 Å². The molecular formula is C9H12F2N3O7P. The van der Waals surface area contributed by atoms with Crippen molar-refractivity contribution in [3.8, 4) is 0 Å². The molecule has 5 N–H and O–H groups in total. The molecule has 1 saturated heterocycles. The molecule has 2 rings (SSSR count). The molecule has 0 spiro atoms. The zero-order valence-electron chi connectivity index (χ0n) is 10.7. The summed E-state index contributed by atoms with van der Waals surface area (Å²) in [5.41, 5.74) is 4.39. The van der Waals surface area contributed by atoms with Crippen LogP contribution < -0.4 is 11.4 Å². The molecule has 2 heterocycles. The number of halogens is 2. The monoisotopic (exact) mass is 343 g/mol. The van der Waals surface area contributed by atoms with E-state index in [0.29, 0.717) is 0 Å². The maximum atomic E-state index is 13.6. The van der Waals surface area contributed by atoms with Crippen LogP contribution in [-0.2, 0) is 13.8 Å². The predicted octanol–water partition coefficient (Wildman–Crippen LogP) is -0.824. The quantitative estimate of drug-likeness (QED) is 0.512. The molecule has 1 aliphatic rings. The second kappa shape index (κ2) is 5.65. The molecule has 1 aromatic rings. The lowest BCUT2D eigenvalue weighted by atomic mass is 10.1. The molecule has 0 bridgehead atoms. The van der Waals surface area contributed by atoms with Gasteiger partial charge in [0.1, 0.15) is 12.0 Å². The van der Waals surface area contributed by atoms with E-state index in [1.54, 1.807) is 0 Å².